The zero-order valence-corrected chi connectivity index (χ0v) is 12.3. The van der Waals surface area contributed by atoms with Crippen LogP contribution in [0.2, 0.25) is 0 Å². The van der Waals surface area contributed by atoms with E-state index in [0.717, 1.165) is 16.7 Å². The first-order valence-corrected chi connectivity index (χ1v) is 8.44. The van der Waals surface area contributed by atoms with Crippen molar-refractivity contribution >= 4 is 10.2 Å². The quantitative estimate of drug-likeness (QED) is 0.854. The minimum Gasteiger partial charge on any atom is -0.195 e. The summed E-state index contributed by atoms with van der Waals surface area (Å²) in [5.74, 6) is 0. The Morgan fingerprint density at radius 1 is 1.00 bits per heavy atom. The van der Waals surface area contributed by atoms with E-state index in [1.807, 2.05) is 54.6 Å². The van der Waals surface area contributed by atoms with Crippen molar-refractivity contribution in [3.05, 3.63) is 71.3 Å². The Morgan fingerprint density at radius 2 is 1.71 bits per heavy atom. The molecular weight excluding hydrogens is 284 g/mol. The number of benzene rings is 2. The summed E-state index contributed by atoms with van der Waals surface area (Å²) in [4.78, 5) is 0. The summed E-state index contributed by atoms with van der Waals surface area (Å²) in [6, 6.07) is 17.7. The van der Waals surface area contributed by atoms with Crippen molar-refractivity contribution in [2.45, 2.75) is 19.1 Å². The van der Waals surface area contributed by atoms with Gasteiger partial charge in [-0.2, -0.15) is 17.0 Å². The number of hydrogen-bond acceptors (Lipinski definition) is 2. The van der Waals surface area contributed by atoms with Crippen LogP contribution in [0.3, 0.4) is 0 Å². The van der Waals surface area contributed by atoms with Crippen LogP contribution in [0.5, 0.6) is 0 Å². The van der Waals surface area contributed by atoms with Gasteiger partial charge in [-0.3, -0.25) is 0 Å². The third kappa shape index (κ3) is 2.00. The van der Waals surface area contributed by atoms with Gasteiger partial charge < -0.3 is 0 Å². The Bertz CT molecular complexity index is 774. The van der Waals surface area contributed by atoms with E-state index < -0.39 is 10.2 Å². The third-order valence-electron chi connectivity index (χ3n) is 4.29. The lowest BCUT2D eigenvalue weighted by atomic mass is 10.1. The molecule has 2 aliphatic heterocycles. The Kier molecular flexibility index (Phi) is 2.89. The van der Waals surface area contributed by atoms with Crippen molar-refractivity contribution in [2.24, 2.45) is 0 Å². The second-order valence-corrected chi connectivity index (χ2v) is 7.43. The van der Waals surface area contributed by atoms with Crippen LogP contribution in [0.4, 0.5) is 0 Å². The molecule has 0 aliphatic carbocycles. The molecule has 0 bridgehead atoms. The smallest absolute Gasteiger partial charge is 0.195 e. The highest BCUT2D eigenvalue weighted by molar-refractivity contribution is 7.87. The van der Waals surface area contributed by atoms with E-state index in [2.05, 4.69) is 0 Å². The van der Waals surface area contributed by atoms with E-state index in [0.29, 0.717) is 19.6 Å². The van der Waals surface area contributed by atoms with Gasteiger partial charge in [-0.25, -0.2) is 0 Å². The highest BCUT2D eigenvalue weighted by Crippen LogP contribution is 2.42. The molecule has 0 radical (unpaired) electrons. The third-order valence-corrected chi connectivity index (χ3v) is 6.20. The maximum Gasteiger partial charge on any atom is 0.283 e. The molecule has 5 heteroatoms. The average molecular weight is 300 g/mol. The van der Waals surface area contributed by atoms with E-state index in [-0.39, 0.29) is 6.04 Å². The Balaban J connectivity index is 1.66. The maximum atomic E-state index is 12.7. The highest BCUT2D eigenvalue weighted by Gasteiger charge is 2.48. The standard InChI is InChI=1S/C16H16N2O2S/c19-21(20)17(10-13-6-2-1-3-7-13)12-16-15-9-5-4-8-14(15)11-18(16)21/h1-9,16H,10-12H2. The second-order valence-electron chi connectivity index (χ2n) is 5.55. The molecule has 1 fully saturated rings. The van der Waals surface area contributed by atoms with Crippen LogP contribution in [0.1, 0.15) is 22.7 Å². The molecule has 2 aromatic carbocycles. The van der Waals surface area contributed by atoms with Gasteiger partial charge in [-0.05, 0) is 16.7 Å². The van der Waals surface area contributed by atoms with Crippen LogP contribution in [0.15, 0.2) is 54.6 Å². The molecule has 2 aromatic rings. The van der Waals surface area contributed by atoms with Crippen LogP contribution in [0, 0.1) is 0 Å². The fraction of sp³-hybridized carbons (Fsp3) is 0.250. The van der Waals surface area contributed by atoms with Gasteiger partial charge in [0.2, 0.25) is 0 Å². The summed E-state index contributed by atoms with van der Waals surface area (Å²) in [7, 11) is -3.36. The molecule has 0 amide bonds. The van der Waals surface area contributed by atoms with Gasteiger partial charge in [0.15, 0.2) is 0 Å². The van der Waals surface area contributed by atoms with E-state index >= 15 is 0 Å². The fourth-order valence-electron chi connectivity index (χ4n) is 3.24. The van der Waals surface area contributed by atoms with Gasteiger partial charge in [-0.15, -0.1) is 0 Å². The molecule has 0 N–H and O–H groups in total. The largest absolute Gasteiger partial charge is 0.283 e. The SMILES string of the molecule is O=S1(=O)N(Cc2ccccc2)CC2c3ccccc3CN21. The predicted octanol–water partition coefficient (Wildman–Crippen LogP) is 2.30. The van der Waals surface area contributed by atoms with Crippen LogP contribution in [-0.4, -0.2) is 23.6 Å². The first-order chi connectivity index (χ1) is 10.2. The number of nitrogens with zero attached hydrogens (tertiary/aromatic N) is 2. The normalized spacial score (nSPS) is 23.9. The van der Waals surface area contributed by atoms with Crippen molar-refractivity contribution in [2.75, 3.05) is 6.54 Å². The lowest BCUT2D eigenvalue weighted by molar-refractivity contribution is 0.379. The number of rotatable bonds is 2. The fourth-order valence-corrected chi connectivity index (χ4v) is 4.98. The summed E-state index contributed by atoms with van der Waals surface area (Å²) < 4.78 is 28.6. The van der Waals surface area contributed by atoms with E-state index in [4.69, 9.17) is 0 Å². The maximum absolute atomic E-state index is 12.7. The molecule has 0 saturated carbocycles. The van der Waals surface area contributed by atoms with Gasteiger partial charge in [0.05, 0.1) is 6.04 Å². The van der Waals surface area contributed by atoms with E-state index in [1.54, 1.807) is 8.61 Å². The Hall–Kier alpha value is -1.69. The predicted molar refractivity (Wildman–Crippen MR) is 80.5 cm³/mol. The van der Waals surface area contributed by atoms with Gasteiger partial charge in [0, 0.05) is 19.6 Å². The van der Waals surface area contributed by atoms with Crippen molar-refractivity contribution in [1.82, 2.24) is 8.61 Å². The molecule has 108 valence electrons. The van der Waals surface area contributed by atoms with Crippen LogP contribution in [-0.2, 0) is 23.3 Å². The van der Waals surface area contributed by atoms with Crippen molar-refractivity contribution in [3.63, 3.8) is 0 Å². The lowest BCUT2D eigenvalue weighted by Crippen LogP contribution is -2.31. The summed E-state index contributed by atoms with van der Waals surface area (Å²) in [6.07, 6.45) is 0. The van der Waals surface area contributed by atoms with Gasteiger partial charge >= 0.3 is 0 Å². The summed E-state index contributed by atoms with van der Waals surface area (Å²) in [5, 5.41) is 0. The zero-order chi connectivity index (χ0) is 14.4. The molecule has 0 aromatic heterocycles. The number of hydrogen-bond donors (Lipinski definition) is 0. The topological polar surface area (TPSA) is 40.6 Å². The van der Waals surface area contributed by atoms with E-state index in [9.17, 15) is 8.42 Å². The minimum atomic E-state index is -3.36. The van der Waals surface area contributed by atoms with Crippen molar-refractivity contribution < 1.29 is 8.42 Å². The molecule has 4 nitrogen and oxygen atoms in total. The van der Waals surface area contributed by atoms with Gasteiger partial charge in [-0.1, -0.05) is 54.6 Å². The average Bonchev–Trinajstić information content (AvgIpc) is 2.97. The monoisotopic (exact) mass is 300 g/mol. The summed E-state index contributed by atoms with van der Waals surface area (Å²) >= 11 is 0. The molecule has 2 aliphatic rings. The van der Waals surface area contributed by atoms with E-state index in [1.165, 1.54) is 0 Å². The molecule has 0 spiro atoms. The molecular formula is C16H16N2O2S. The molecule has 1 saturated heterocycles. The molecule has 1 unspecified atom stereocenters. The van der Waals surface area contributed by atoms with Crippen LogP contribution in [0.25, 0.3) is 0 Å². The second kappa shape index (κ2) is 4.66. The summed E-state index contributed by atoms with van der Waals surface area (Å²) in [5.41, 5.74) is 3.30. The summed E-state index contributed by atoms with van der Waals surface area (Å²) in [6.45, 7) is 1.47. The Labute approximate surface area is 124 Å². The molecule has 4 rings (SSSR count). The Morgan fingerprint density at radius 3 is 2.52 bits per heavy atom. The zero-order valence-electron chi connectivity index (χ0n) is 11.5. The molecule has 1 atom stereocenters. The van der Waals surface area contributed by atoms with Gasteiger partial charge in [0.1, 0.15) is 0 Å². The minimum absolute atomic E-state index is 0.0325. The first kappa shape index (κ1) is 13.0. The van der Waals surface area contributed by atoms with Gasteiger partial charge in [0.25, 0.3) is 10.2 Å². The lowest BCUT2D eigenvalue weighted by Gasteiger charge is -2.17. The highest BCUT2D eigenvalue weighted by atomic mass is 32.2. The van der Waals surface area contributed by atoms with Crippen molar-refractivity contribution in [3.8, 4) is 0 Å². The number of fused-ring (bicyclic) bond motifs is 3. The van der Waals surface area contributed by atoms with Crippen molar-refractivity contribution in [1.29, 1.82) is 0 Å². The van der Waals surface area contributed by atoms with Crippen LogP contribution < -0.4 is 0 Å². The van der Waals surface area contributed by atoms with Crippen LogP contribution >= 0.6 is 0 Å². The molecule has 21 heavy (non-hydrogen) atoms. The molecule has 2 heterocycles. The first-order valence-electron chi connectivity index (χ1n) is 7.05.